The van der Waals surface area contributed by atoms with E-state index in [-0.39, 0.29) is 0 Å². The quantitative estimate of drug-likeness (QED) is 0.938. The Balaban J connectivity index is 1.88. The van der Waals surface area contributed by atoms with Crippen LogP contribution in [0.3, 0.4) is 0 Å². The van der Waals surface area contributed by atoms with Crippen molar-refractivity contribution in [1.82, 2.24) is 9.97 Å². The van der Waals surface area contributed by atoms with Gasteiger partial charge in [0.2, 0.25) is 5.88 Å². The number of ether oxygens (including phenoxy) is 1. The van der Waals surface area contributed by atoms with Gasteiger partial charge in [0.15, 0.2) is 5.82 Å². The van der Waals surface area contributed by atoms with Crippen LogP contribution in [-0.4, -0.2) is 23.1 Å². The van der Waals surface area contributed by atoms with Crippen molar-refractivity contribution in [3.63, 3.8) is 0 Å². The predicted octanol–water partition coefficient (Wildman–Crippen LogP) is 3.07. The highest BCUT2D eigenvalue weighted by molar-refractivity contribution is 5.68. The number of nitrogen functional groups attached to an aromatic ring is 1. The molecular weight excluding hydrogens is 264 g/mol. The van der Waals surface area contributed by atoms with Gasteiger partial charge in [0.25, 0.3) is 0 Å². The third-order valence-electron chi connectivity index (χ3n) is 3.92. The predicted molar refractivity (Wildman–Crippen MR) is 83.9 cm³/mol. The number of aromatic nitrogens is 2. The molecule has 1 aromatic carbocycles. The Labute approximate surface area is 124 Å². The topological polar surface area (TPSA) is 64.3 Å². The second kappa shape index (κ2) is 5.60. The van der Waals surface area contributed by atoms with E-state index >= 15 is 0 Å². The molecule has 1 aliphatic heterocycles. The van der Waals surface area contributed by atoms with Gasteiger partial charge in [-0.25, -0.2) is 4.98 Å². The third kappa shape index (κ3) is 2.77. The maximum absolute atomic E-state index is 6.19. The normalized spacial score (nSPS) is 14.5. The monoisotopic (exact) mass is 284 g/mol. The zero-order valence-electron chi connectivity index (χ0n) is 12.5. The standard InChI is InChI=1S/C16H20N4O/c1-11-5-6-13(9-12(11)2)21-16-14(17)15(18-10-19-16)20-7-3-4-8-20/h5-6,9-10H,3-4,7-8,17H2,1-2H3. The van der Waals surface area contributed by atoms with Gasteiger partial charge in [0.1, 0.15) is 17.8 Å². The van der Waals surface area contributed by atoms with E-state index < -0.39 is 0 Å². The van der Waals surface area contributed by atoms with E-state index in [2.05, 4.69) is 28.7 Å². The van der Waals surface area contributed by atoms with Crippen molar-refractivity contribution >= 4 is 11.5 Å². The molecule has 1 aromatic heterocycles. The average molecular weight is 284 g/mol. The van der Waals surface area contributed by atoms with Crippen molar-refractivity contribution in [2.45, 2.75) is 26.7 Å². The zero-order valence-corrected chi connectivity index (χ0v) is 12.5. The third-order valence-corrected chi connectivity index (χ3v) is 3.92. The lowest BCUT2D eigenvalue weighted by molar-refractivity contribution is 0.463. The first kappa shape index (κ1) is 13.7. The molecule has 0 amide bonds. The van der Waals surface area contributed by atoms with Gasteiger partial charge in [-0.15, -0.1) is 0 Å². The van der Waals surface area contributed by atoms with Crippen LogP contribution in [0.5, 0.6) is 11.6 Å². The highest BCUT2D eigenvalue weighted by Crippen LogP contribution is 2.33. The lowest BCUT2D eigenvalue weighted by Crippen LogP contribution is -2.20. The van der Waals surface area contributed by atoms with Crippen molar-refractivity contribution in [2.75, 3.05) is 23.7 Å². The van der Waals surface area contributed by atoms with Gasteiger partial charge in [-0.05, 0) is 49.9 Å². The fourth-order valence-electron chi connectivity index (χ4n) is 2.52. The highest BCUT2D eigenvalue weighted by atomic mass is 16.5. The van der Waals surface area contributed by atoms with Crippen LogP contribution in [0, 0.1) is 13.8 Å². The summed E-state index contributed by atoms with van der Waals surface area (Å²) in [6.07, 6.45) is 3.87. The molecule has 0 spiro atoms. The summed E-state index contributed by atoms with van der Waals surface area (Å²) in [5.74, 6) is 1.95. The van der Waals surface area contributed by atoms with Gasteiger partial charge >= 0.3 is 0 Å². The molecule has 2 heterocycles. The average Bonchev–Trinajstić information content (AvgIpc) is 2.99. The minimum atomic E-state index is 0.426. The molecule has 2 aromatic rings. The van der Waals surface area contributed by atoms with E-state index in [0.717, 1.165) is 24.7 Å². The molecule has 0 unspecified atom stereocenters. The first-order valence-corrected chi connectivity index (χ1v) is 7.25. The Kier molecular flexibility index (Phi) is 3.64. The van der Waals surface area contributed by atoms with Crippen LogP contribution >= 0.6 is 0 Å². The van der Waals surface area contributed by atoms with Gasteiger partial charge in [-0.3, -0.25) is 0 Å². The van der Waals surface area contributed by atoms with Crippen molar-refractivity contribution in [2.24, 2.45) is 0 Å². The summed E-state index contributed by atoms with van der Waals surface area (Å²) in [4.78, 5) is 10.7. The van der Waals surface area contributed by atoms with Crippen molar-refractivity contribution < 1.29 is 4.74 Å². The van der Waals surface area contributed by atoms with Crippen LogP contribution in [0.25, 0.3) is 0 Å². The number of benzene rings is 1. The number of nitrogens with two attached hydrogens (primary N) is 1. The molecular formula is C16H20N4O. The van der Waals surface area contributed by atoms with Crippen LogP contribution in [0.15, 0.2) is 24.5 Å². The molecule has 0 saturated carbocycles. The van der Waals surface area contributed by atoms with Gasteiger partial charge in [0, 0.05) is 13.1 Å². The second-order valence-electron chi connectivity index (χ2n) is 5.46. The van der Waals surface area contributed by atoms with Gasteiger partial charge in [0.05, 0.1) is 0 Å². The summed E-state index contributed by atoms with van der Waals surface area (Å²) in [7, 11) is 0. The van der Waals surface area contributed by atoms with Crippen LogP contribution in [0.1, 0.15) is 24.0 Å². The fraction of sp³-hybridized carbons (Fsp3) is 0.375. The van der Waals surface area contributed by atoms with E-state index in [1.54, 1.807) is 0 Å². The van der Waals surface area contributed by atoms with Crippen LogP contribution in [0.4, 0.5) is 11.5 Å². The SMILES string of the molecule is Cc1ccc(Oc2ncnc(N3CCCC3)c2N)cc1C. The van der Waals surface area contributed by atoms with Gasteiger partial charge < -0.3 is 15.4 Å². The van der Waals surface area contributed by atoms with Crippen molar-refractivity contribution in [3.05, 3.63) is 35.7 Å². The van der Waals surface area contributed by atoms with Crippen molar-refractivity contribution in [1.29, 1.82) is 0 Å². The second-order valence-corrected chi connectivity index (χ2v) is 5.46. The molecule has 0 bridgehead atoms. The Morgan fingerprint density at radius 1 is 1.10 bits per heavy atom. The summed E-state index contributed by atoms with van der Waals surface area (Å²) >= 11 is 0. The van der Waals surface area contributed by atoms with Crippen molar-refractivity contribution in [3.8, 4) is 11.6 Å². The molecule has 1 aliphatic rings. The Morgan fingerprint density at radius 2 is 1.86 bits per heavy atom. The summed E-state index contributed by atoms with van der Waals surface area (Å²) in [5.41, 5.74) is 9.11. The van der Waals surface area contributed by atoms with Crippen LogP contribution in [-0.2, 0) is 0 Å². The molecule has 21 heavy (non-hydrogen) atoms. The fourth-order valence-corrected chi connectivity index (χ4v) is 2.52. The molecule has 1 saturated heterocycles. The van der Waals surface area contributed by atoms with E-state index in [4.69, 9.17) is 10.5 Å². The number of rotatable bonds is 3. The van der Waals surface area contributed by atoms with Crippen LogP contribution < -0.4 is 15.4 Å². The number of anilines is 2. The first-order chi connectivity index (χ1) is 10.1. The lowest BCUT2D eigenvalue weighted by Gasteiger charge is -2.19. The Hall–Kier alpha value is -2.30. The van der Waals surface area contributed by atoms with E-state index in [9.17, 15) is 0 Å². The summed E-state index contributed by atoms with van der Waals surface area (Å²) in [5, 5.41) is 0. The Bertz CT molecular complexity index is 651. The molecule has 3 rings (SSSR count). The van der Waals surface area contributed by atoms with E-state index in [1.165, 1.54) is 30.3 Å². The highest BCUT2D eigenvalue weighted by Gasteiger charge is 2.19. The first-order valence-electron chi connectivity index (χ1n) is 7.25. The van der Waals surface area contributed by atoms with Gasteiger partial charge in [-0.1, -0.05) is 6.07 Å². The van der Waals surface area contributed by atoms with Crippen LogP contribution in [0.2, 0.25) is 0 Å². The lowest BCUT2D eigenvalue weighted by atomic mass is 10.1. The van der Waals surface area contributed by atoms with E-state index in [0.29, 0.717) is 11.6 Å². The molecule has 0 radical (unpaired) electrons. The number of hydrogen-bond acceptors (Lipinski definition) is 5. The summed E-state index contributed by atoms with van der Waals surface area (Å²) < 4.78 is 5.84. The molecule has 5 nitrogen and oxygen atoms in total. The smallest absolute Gasteiger partial charge is 0.248 e. The minimum absolute atomic E-state index is 0.426. The molecule has 0 aliphatic carbocycles. The molecule has 110 valence electrons. The number of aryl methyl sites for hydroxylation is 2. The largest absolute Gasteiger partial charge is 0.437 e. The molecule has 2 N–H and O–H groups in total. The maximum atomic E-state index is 6.19. The molecule has 0 atom stereocenters. The molecule has 5 heteroatoms. The van der Waals surface area contributed by atoms with E-state index in [1.807, 2.05) is 18.2 Å². The zero-order chi connectivity index (χ0) is 14.8. The summed E-state index contributed by atoms with van der Waals surface area (Å²) in [6, 6.07) is 5.95. The van der Waals surface area contributed by atoms with Gasteiger partial charge in [-0.2, -0.15) is 4.98 Å². The summed E-state index contributed by atoms with van der Waals surface area (Å²) in [6.45, 7) is 6.11. The Morgan fingerprint density at radius 3 is 2.57 bits per heavy atom. The number of nitrogens with zero attached hydrogens (tertiary/aromatic N) is 3. The molecule has 1 fully saturated rings. The maximum Gasteiger partial charge on any atom is 0.248 e. The minimum Gasteiger partial charge on any atom is -0.437 e. The number of hydrogen-bond donors (Lipinski definition) is 1.